The highest BCUT2D eigenvalue weighted by Gasteiger charge is 2.21. The molecule has 3 aromatic carbocycles. The van der Waals surface area contributed by atoms with E-state index in [1.165, 1.54) is 11.4 Å². The Morgan fingerprint density at radius 1 is 0.933 bits per heavy atom. The molecular formula is C23H24N2O4S. The molecule has 3 aromatic rings. The van der Waals surface area contributed by atoms with E-state index in [0.717, 1.165) is 11.3 Å². The van der Waals surface area contributed by atoms with Crippen molar-refractivity contribution in [3.63, 3.8) is 0 Å². The Bertz CT molecular complexity index is 1110. The maximum absolute atomic E-state index is 12.8. The number of benzene rings is 3. The summed E-state index contributed by atoms with van der Waals surface area (Å²) >= 11 is 0. The number of sulfonamides is 1. The van der Waals surface area contributed by atoms with E-state index in [1.54, 1.807) is 72.8 Å². The number of ether oxygens (including phenoxy) is 1. The van der Waals surface area contributed by atoms with E-state index in [2.05, 4.69) is 5.32 Å². The zero-order valence-corrected chi connectivity index (χ0v) is 17.9. The fourth-order valence-electron chi connectivity index (χ4n) is 2.83. The zero-order valence-electron chi connectivity index (χ0n) is 17.1. The number of rotatable bonds is 7. The van der Waals surface area contributed by atoms with Crippen molar-refractivity contribution in [3.8, 4) is 5.75 Å². The molecule has 0 atom stereocenters. The number of amides is 1. The average Bonchev–Trinajstić information content (AvgIpc) is 2.75. The monoisotopic (exact) mass is 424 g/mol. The lowest BCUT2D eigenvalue weighted by atomic mass is 10.2. The highest BCUT2D eigenvalue weighted by Crippen LogP contribution is 2.23. The van der Waals surface area contributed by atoms with Gasteiger partial charge >= 0.3 is 0 Å². The fraction of sp³-hybridized carbons (Fsp3) is 0.174. The summed E-state index contributed by atoms with van der Waals surface area (Å²) in [4.78, 5) is 12.7. The molecule has 0 radical (unpaired) electrons. The van der Waals surface area contributed by atoms with E-state index < -0.39 is 10.0 Å². The molecule has 156 valence electrons. The quantitative estimate of drug-likeness (QED) is 0.607. The summed E-state index contributed by atoms with van der Waals surface area (Å²) in [6.45, 7) is 4.38. The van der Waals surface area contributed by atoms with Gasteiger partial charge in [-0.2, -0.15) is 0 Å². The summed E-state index contributed by atoms with van der Waals surface area (Å²) in [5.41, 5.74) is 2.52. The predicted octanol–water partition coefficient (Wildman–Crippen LogP) is 4.47. The second-order valence-corrected chi connectivity index (χ2v) is 8.71. The number of anilines is 2. The molecule has 0 unspecified atom stereocenters. The molecule has 0 bridgehead atoms. The number of nitrogens with zero attached hydrogens (tertiary/aromatic N) is 1. The lowest BCUT2D eigenvalue weighted by Crippen LogP contribution is -2.26. The first-order chi connectivity index (χ1) is 14.3. The van der Waals surface area contributed by atoms with E-state index >= 15 is 0 Å². The lowest BCUT2D eigenvalue weighted by molar-refractivity contribution is 0.102. The molecule has 30 heavy (non-hydrogen) atoms. The van der Waals surface area contributed by atoms with Gasteiger partial charge in [0.25, 0.3) is 15.9 Å². The summed E-state index contributed by atoms with van der Waals surface area (Å²) in [6, 6.07) is 20.2. The largest absolute Gasteiger partial charge is 0.494 e. The standard InChI is InChI=1S/C23H24N2O4S/c1-4-29-21-13-9-19(10-14-21)24-23(26)18-7-11-20(12-8-18)25(3)30(27,28)22-15-5-17(2)6-16-22/h5-16H,4H2,1-3H3,(H,24,26). The number of aryl methyl sites for hydroxylation is 1. The number of carbonyl (C=O) groups is 1. The minimum Gasteiger partial charge on any atom is -0.494 e. The minimum absolute atomic E-state index is 0.216. The van der Waals surface area contributed by atoms with Crippen molar-refractivity contribution >= 4 is 27.3 Å². The van der Waals surface area contributed by atoms with Crippen molar-refractivity contribution in [2.75, 3.05) is 23.3 Å². The summed E-state index contributed by atoms with van der Waals surface area (Å²) in [7, 11) is -2.19. The van der Waals surface area contributed by atoms with Gasteiger partial charge in [0, 0.05) is 18.3 Å². The molecular weight excluding hydrogens is 400 g/mol. The van der Waals surface area contributed by atoms with Gasteiger partial charge in [0.15, 0.2) is 0 Å². The Hall–Kier alpha value is -3.32. The molecule has 3 rings (SSSR count). The van der Waals surface area contributed by atoms with Crippen molar-refractivity contribution in [2.45, 2.75) is 18.7 Å². The van der Waals surface area contributed by atoms with Crippen LogP contribution in [0, 0.1) is 6.92 Å². The fourth-order valence-corrected chi connectivity index (χ4v) is 4.03. The lowest BCUT2D eigenvalue weighted by Gasteiger charge is -2.20. The second kappa shape index (κ2) is 9.00. The first kappa shape index (κ1) is 21.4. The summed E-state index contributed by atoms with van der Waals surface area (Å²) < 4.78 is 32.2. The normalized spacial score (nSPS) is 11.0. The van der Waals surface area contributed by atoms with Gasteiger partial charge in [0.1, 0.15) is 5.75 Å². The minimum atomic E-state index is -3.68. The van der Waals surface area contributed by atoms with E-state index in [-0.39, 0.29) is 10.8 Å². The number of nitrogens with one attached hydrogen (secondary N) is 1. The smallest absolute Gasteiger partial charge is 0.264 e. The molecule has 0 fully saturated rings. The first-order valence-corrected chi connectivity index (χ1v) is 10.9. The van der Waals surface area contributed by atoms with Gasteiger partial charge in [0.05, 0.1) is 17.2 Å². The molecule has 6 nitrogen and oxygen atoms in total. The maximum atomic E-state index is 12.8. The van der Waals surface area contributed by atoms with Gasteiger partial charge in [-0.3, -0.25) is 9.10 Å². The van der Waals surface area contributed by atoms with Gasteiger partial charge in [-0.1, -0.05) is 17.7 Å². The molecule has 1 N–H and O–H groups in total. The molecule has 1 amide bonds. The molecule has 0 saturated carbocycles. The number of carbonyl (C=O) groups excluding carboxylic acids is 1. The Labute approximate surface area is 177 Å². The van der Waals surface area contributed by atoms with Gasteiger partial charge in [-0.25, -0.2) is 8.42 Å². The molecule has 0 saturated heterocycles. The van der Waals surface area contributed by atoms with Crippen molar-refractivity contribution in [2.24, 2.45) is 0 Å². The third-order valence-electron chi connectivity index (χ3n) is 4.60. The van der Waals surface area contributed by atoms with Crippen LogP contribution in [-0.2, 0) is 10.0 Å². The topological polar surface area (TPSA) is 75.7 Å². The molecule has 0 aliphatic carbocycles. The molecule has 0 heterocycles. The first-order valence-electron chi connectivity index (χ1n) is 9.51. The third kappa shape index (κ3) is 4.80. The Kier molecular flexibility index (Phi) is 6.42. The van der Waals surface area contributed by atoms with Crippen LogP contribution in [0.1, 0.15) is 22.8 Å². The Morgan fingerprint density at radius 2 is 1.53 bits per heavy atom. The van der Waals surface area contributed by atoms with Gasteiger partial charge < -0.3 is 10.1 Å². The SMILES string of the molecule is CCOc1ccc(NC(=O)c2ccc(N(C)S(=O)(=O)c3ccc(C)cc3)cc2)cc1. The summed E-state index contributed by atoms with van der Waals surface area (Å²) in [5, 5.41) is 2.81. The van der Waals surface area contributed by atoms with Crippen LogP contribution in [0.3, 0.4) is 0 Å². The third-order valence-corrected chi connectivity index (χ3v) is 6.40. The molecule has 7 heteroatoms. The average molecular weight is 425 g/mol. The van der Waals surface area contributed by atoms with Crippen LogP contribution in [0.4, 0.5) is 11.4 Å². The molecule has 0 aliphatic heterocycles. The Morgan fingerprint density at radius 3 is 2.10 bits per heavy atom. The second-order valence-electron chi connectivity index (χ2n) is 6.74. The van der Waals surface area contributed by atoms with E-state index in [9.17, 15) is 13.2 Å². The molecule has 0 aliphatic rings. The maximum Gasteiger partial charge on any atom is 0.264 e. The summed E-state index contributed by atoms with van der Waals surface area (Å²) in [5.74, 6) is 0.451. The molecule has 0 spiro atoms. The van der Waals surface area contributed by atoms with Crippen LogP contribution in [0.15, 0.2) is 77.7 Å². The Balaban J connectivity index is 1.72. The van der Waals surface area contributed by atoms with E-state index in [0.29, 0.717) is 23.5 Å². The van der Waals surface area contributed by atoms with E-state index in [4.69, 9.17) is 4.74 Å². The van der Waals surface area contributed by atoms with Crippen LogP contribution < -0.4 is 14.4 Å². The summed E-state index contributed by atoms with van der Waals surface area (Å²) in [6.07, 6.45) is 0. The predicted molar refractivity (Wildman–Crippen MR) is 119 cm³/mol. The number of hydrogen-bond acceptors (Lipinski definition) is 4. The van der Waals surface area contributed by atoms with Crippen LogP contribution in [-0.4, -0.2) is 28.0 Å². The van der Waals surface area contributed by atoms with E-state index in [1.807, 2.05) is 13.8 Å². The van der Waals surface area contributed by atoms with Crippen molar-refractivity contribution in [1.82, 2.24) is 0 Å². The van der Waals surface area contributed by atoms with Crippen molar-refractivity contribution < 1.29 is 17.9 Å². The van der Waals surface area contributed by atoms with Gasteiger partial charge in [-0.05, 0) is 74.5 Å². The zero-order chi connectivity index (χ0) is 21.7. The van der Waals surface area contributed by atoms with Crippen LogP contribution in [0.25, 0.3) is 0 Å². The van der Waals surface area contributed by atoms with Crippen LogP contribution in [0.2, 0.25) is 0 Å². The van der Waals surface area contributed by atoms with Crippen LogP contribution >= 0.6 is 0 Å². The highest BCUT2D eigenvalue weighted by atomic mass is 32.2. The number of hydrogen-bond donors (Lipinski definition) is 1. The van der Waals surface area contributed by atoms with Crippen molar-refractivity contribution in [3.05, 3.63) is 83.9 Å². The van der Waals surface area contributed by atoms with Gasteiger partial charge in [-0.15, -0.1) is 0 Å². The highest BCUT2D eigenvalue weighted by molar-refractivity contribution is 7.92. The van der Waals surface area contributed by atoms with Gasteiger partial charge in [0.2, 0.25) is 0 Å². The van der Waals surface area contributed by atoms with Crippen LogP contribution in [0.5, 0.6) is 5.75 Å². The molecule has 0 aromatic heterocycles. The van der Waals surface area contributed by atoms with Crippen molar-refractivity contribution in [1.29, 1.82) is 0 Å².